The monoisotopic (exact) mass is 484 g/mol. The molecule has 0 saturated heterocycles. The third kappa shape index (κ3) is 5.83. The fourth-order valence-corrected chi connectivity index (χ4v) is 3.21. The lowest BCUT2D eigenvalue weighted by molar-refractivity contribution is -0.132. The minimum atomic E-state index is -1.31. The third-order valence-corrected chi connectivity index (χ3v) is 4.83. The summed E-state index contributed by atoms with van der Waals surface area (Å²) < 4.78 is 5.21. The van der Waals surface area contributed by atoms with E-state index in [2.05, 4.69) is 26.6 Å². The molecule has 0 spiro atoms. The van der Waals surface area contributed by atoms with Gasteiger partial charge in [-0.1, -0.05) is 12.1 Å². The molecule has 0 unspecified atom stereocenters. The topological polar surface area (TPSA) is 129 Å². The van der Waals surface area contributed by atoms with Gasteiger partial charge in [0.1, 0.15) is 11.4 Å². The highest BCUT2D eigenvalue weighted by atomic mass is 79.9. The molecular formula is C22H17BrN2O6. The van der Waals surface area contributed by atoms with Crippen LogP contribution in [0.5, 0.6) is 5.75 Å². The predicted molar refractivity (Wildman–Crippen MR) is 115 cm³/mol. The van der Waals surface area contributed by atoms with E-state index in [-0.39, 0.29) is 29.5 Å². The van der Waals surface area contributed by atoms with Crippen molar-refractivity contribution >= 4 is 39.8 Å². The third-order valence-electron chi connectivity index (χ3n) is 4.17. The molecule has 0 aliphatic carbocycles. The lowest BCUT2D eigenvalue weighted by Crippen LogP contribution is -2.28. The first-order valence-electron chi connectivity index (χ1n) is 8.97. The SMILES string of the molecule is O=C(O)C(=Cc1ccoc1)NC(=O)c1ccc(C(=O)NCc2cccc(O)c2)cc1Br. The Kier molecular flexibility index (Phi) is 6.88. The summed E-state index contributed by atoms with van der Waals surface area (Å²) in [6, 6.07) is 12.4. The van der Waals surface area contributed by atoms with Crippen LogP contribution in [0.4, 0.5) is 0 Å². The number of carbonyl (C=O) groups excluding carboxylic acids is 2. The van der Waals surface area contributed by atoms with Crippen molar-refractivity contribution in [2.45, 2.75) is 6.54 Å². The molecule has 0 fully saturated rings. The maximum absolute atomic E-state index is 12.5. The molecule has 4 N–H and O–H groups in total. The van der Waals surface area contributed by atoms with Crippen LogP contribution in [0.2, 0.25) is 0 Å². The average molecular weight is 485 g/mol. The van der Waals surface area contributed by atoms with E-state index in [0.717, 1.165) is 5.56 Å². The fraction of sp³-hybridized carbons (Fsp3) is 0.0455. The summed E-state index contributed by atoms with van der Waals surface area (Å²) in [5.41, 5.74) is 1.34. The Balaban J connectivity index is 1.69. The number of furan rings is 1. The predicted octanol–water partition coefficient (Wildman–Crippen LogP) is 3.53. The van der Waals surface area contributed by atoms with E-state index in [0.29, 0.717) is 15.6 Å². The van der Waals surface area contributed by atoms with Crippen molar-refractivity contribution in [1.82, 2.24) is 10.6 Å². The standard InChI is InChI=1S/C22H17BrN2O6/c23-18-10-15(20(27)24-11-13-2-1-3-16(26)8-13)4-5-17(18)21(28)25-19(22(29)30)9-14-6-7-31-12-14/h1-10,12,26H,11H2,(H,24,27)(H,25,28)(H,29,30). The summed E-state index contributed by atoms with van der Waals surface area (Å²) >= 11 is 3.25. The summed E-state index contributed by atoms with van der Waals surface area (Å²) in [4.78, 5) is 36.4. The molecule has 2 aromatic carbocycles. The largest absolute Gasteiger partial charge is 0.508 e. The molecule has 3 rings (SSSR count). The number of carboxylic acids is 1. The number of aliphatic carboxylic acids is 1. The zero-order valence-corrected chi connectivity index (χ0v) is 17.5. The van der Waals surface area contributed by atoms with Gasteiger partial charge in [0, 0.05) is 22.1 Å². The summed E-state index contributed by atoms with van der Waals surface area (Å²) in [5, 5.41) is 23.9. The van der Waals surface area contributed by atoms with Crippen molar-refractivity contribution in [3.8, 4) is 5.75 Å². The van der Waals surface area contributed by atoms with Crippen molar-refractivity contribution in [1.29, 1.82) is 0 Å². The van der Waals surface area contributed by atoms with Gasteiger partial charge >= 0.3 is 5.97 Å². The first kappa shape index (κ1) is 21.8. The molecule has 2 amide bonds. The number of nitrogens with one attached hydrogen (secondary N) is 2. The van der Waals surface area contributed by atoms with Gasteiger partial charge in [0.15, 0.2) is 0 Å². The van der Waals surface area contributed by atoms with Crippen molar-refractivity contribution in [3.63, 3.8) is 0 Å². The summed E-state index contributed by atoms with van der Waals surface area (Å²) in [6.45, 7) is 0.216. The normalized spacial score (nSPS) is 11.1. The number of phenolic OH excluding ortho intramolecular Hbond substituents is 1. The van der Waals surface area contributed by atoms with Crippen LogP contribution < -0.4 is 10.6 Å². The highest BCUT2D eigenvalue weighted by Crippen LogP contribution is 2.20. The van der Waals surface area contributed by atoms with Gasteiger partial charge in [-0.25, -0.2) is 4.79 Å². The van der Waals surface area contributed by atoms with E-state index in [1.165, 1.54) is 42.9 Å². The smallest absolute Gasteiger partial charge is 0.352 e. The molecule has 0 aliphatic rings. The lowest BCUT2D eigenvalue weighted by Gasteiger charge is -2.10. The Morgan fingerprint density at radius 2 is 1.87 bits per heavy atom. The second-order valence-corrected chi connectivity index (χ2v) is 7.28. The van der Waals surface area contributed by atoms with Crippen molar-refractivity contribution in [2.75, 3.05) is 0 Å². The van der Waals surface area contributed by atoms with Gasteiger partial charge in [0.25, 0.3) is 11.8 Å². The number of halogens is 1. The molecule has 0 aliphatic heterocycles. The van der Waals surface area contributed by atoms with Crippen LogP contribution in [0.15, 0.2) is 75.6 Å². The number of aromatic hydroxyl groups is 1. The van der Waals surface area contributed by atoms with Crippen molar-refractivity contribution in [2.24, 2.45) is 0 Å². The maximum atomic E-state index is 12.5. The quantitative estimate of drug-likeness (QED) is 0.379. The number of carbonyl (C=O) groups is 3. The molecular weight excluding hydrogens is 468 g/mol. The molecule has 0 atom stereocenters. The van der Waals surface area contributed by atoms with Gasteiger partial charge in [0.2, 0.25) is 0 Å². The number of amides is 2. The van der Waals surface area contributed by atoms with Crippen LogP contribution in [0.25, 0.3) is 6.08 Å². The van der Waals surface area contributed by atoms with Crippen molar-refractivity contribution in [3.05, 3.63) is 93.5 Å². The first-order valence-corrected chi connectivity index (χ1v) is 9.77. The Morgan fingerprint density at radius 3 is 2.52 bits per heavy atom. The first-order chi connectivity index (χ1) is 14.8. The van der Waals surface area contributed by atoms with Crippen molar-refractivity contribution < 1.29 is 29.0 Å². The lowest BCUT2D eigenvalue weighted by atomic mass is 10.1. The van der Waals surface area contributed by atoms with E-state index >= 15 is 0 Å². The maximum Gasteiger partial charge on any atom is 0.352 e. The summed E-state index contributed by atoms with van der Waals surface area (Å²) in [6.07, 6.45) is 3.99. The molecule has 0 bridgehead atoms. The summed E-state index contributed by atoms with van der Waals surface area (Å²) in [7, 11) is 0. The number of hydrogen-bond acceptors (Lipinski definition) is 5. The molecule has 1 heterocycles. The van der Waals surface area contributed by atoms with E-state index in [1.807, 2.05) is 0 Å². The Bertz CT molecular complexity index is 1150. The number of benzene rings is 2. The minimum absolute atomic E-state index is 0.104. The van der Waals surface area contributed by atoms with Gasteiger partial charge in [-0.15, -0.1) is 0 Å². The van der Waals surface area contributed by atoms with Gasteiger partial charge in [-0.2, -0.15) is 0 Å². The zero-order chi connectivity index (χ0) is 22.4. The van der Waals surface area contributed by atoms with E-state index in [9.17, 15) is 24.6 Å². The second-order valence-electron chi connectivity index (χ2n) is 6.42. The molecule has 0 saturated carbocycles. The van der Waals surface area contributed by atoms with Crippen LogP contribution in [0.1, 0.15) is 31.8 Å². The molecule has 0 radical (unpaired) electrons. The zero-order valence-electron chi connectivity index (χ0n) is 16.0. The molecule has 9 heteroatoms. The number of carboxylic acid groups (broad SMARTS) is 1. The van der Waals surface area contributed by atoms with Gasteiger partial charge in [-0.05, 0) is 64.0 Å². The van der Waals surface area contributed by atoms with Gasteiger partial charge in [-0.3, -0.25) is 9.59 Å². The highest BCUT2D eigenvalue weighted by molar-refractivity contribution is 9.10. The average Bonchev–Trinajstić information content (AvgIpc) is 3.24. The van der Waals surface area contributed by atoms with Crippen LogP contribution in [0.3, 0.4) is 0 Å². The fourth-order valence-electron chi connectivity index (χ4n) is 2.66. The Labute approximate surface area is 185 Å². The van der Waals surface area contributed by atoms with E-state index in [1.54, 1.807) is 24.3 Å². The van der Waals surface area contributed by atoms with Crippen LogP contribution in [0, 0.1) is 0 Å². The Morgan fingerprint density at radius 1 is 1.06 bits per heavy atom. The molecule has 158 valence electrons. The van der Waals surface area contributed by atoms with Gasteiger partial charge < -0.3 is 25.3 Å². The minimum Gasteiger partial charge on any atom is -0.508 e. The van der Waals surface area contributed by atoms with E-state index in [4.69, 9.17) is 4.42 Å². The summed E-state index contributed by atoms with van der Waals surface area (Å²) in [5.74, 6) is -2.24. The molecule has 3 aromatic rings. The van der Waals surface area contributed by atoms with Crippen LogP contribution in [-0.4, -0.2) is 28.0 Å². The highest BCUT2D eigenvalue weighted by Gasteiger charge is 2.17. The molecule has 31 heavy (non-hydrogen) atoms. The molecule has 1 aromatic heterocycles. The van der Waals surface area contributed by atoms with Crippen LogP contribution >= 0.6 is 15.9 Å². The number of phenols is 1. The Hall–Kier alpha value is -3.85. The second kappa shape index (κ2) is 9.77. The van der Waals surface area contributed by atoms with Gasteiger partial charge in [0.05, 0.1) is 18.1 Å². The number of rotatable bonds is 7. The number of hydrogen-bond donors (Lipinski definition) is 4. The van der Waals surface area contributed by atoms with E-state index < -0.39 is 11.9 Å². The van der Waals surface area contributed by atoms with Crippen LogP contribution in [-0.2, 0) is 11.3 Å². The molecule has 8 nitrogen and oxygen atoms in total.